The van der Waals surface area contributed by atoms with Gasteiger partial charge in [-0.2, -0.15) is 10.2 Å². The highest BCUT2D eigenvalue weighted by molar-refractivity contribution is 14.1. The fourth-order valence-electron chi connectivity index (χ4n) is 1.30. The van der Waals surface area contributed by atoms with Gasteiger partial charge in [-0.05, 0) is 36.4 Å². The molecule has 0 bridgehead atoms. The first-order chi connectivity index (χ1) is 6.61. The molecule has 0 unspecified atom stereocenters. The SMILES string of the molecule is CC(C)n1ncc2c(=O)c(I)n[nH]c21. The monoisotopic (exact) mass is 304 g/mol. The van der Waals surface area contributed by atoms with E-state index in [-0.39, 0.29) is 11.5 Å². The van der Waals surface area contributed by atoms with Crippen LogP contribution in [0.15, 0.2) is 11.0 Å². The van der Waals surface area contributed by atoms with E-state index in [0.717, 1.165) is 0 Å². The average molecular weight is 304 g/mol. The third kappa shape index (κ3) is 1.33. The third-order valence-electron chi connectivity index (χ3n) is 1.98. The van der Waals surface area contributed by atoms with Gasteiger partial charge >= 0.3 is 0 Å². The van der Waals surface area contributed by atoms with E-state index >= 15 is 0 Å². The second-order valence-electron chi connectivity index (χ2n) is 3.29. The van der Waals surface area contributed by atoms with Crippen molar-refractivity contribution in [2.75, 3.05) is 0 Å². The Balaban J connectivity index is 2.84. The lowest BCUT2D eigenvalue weighted by Crippen LogP contribution is -2.11. The summed E-state index contributed by atoms with van der Waals surface area (Å²) in [6, 6.07) is 0.213. The van der Waals surface area contributed by atoms with Crippen LogP contribution in [0.4, 0.5) is 0 Å². The van der Waals surface area contributed by atoms with Crippen molar-refractivity contribution < 1.29 is 0 Å². The van der Waals surface area contributed by atoms with Gasteiger partial charge in [-0.1, -0.05) is 0 Å². The zero-order chi connectivity index (χ0) is 10.3. The zero-order valence-corrected chi connectivity index (χ0v) is 9.94. The van der Waals surface area contributed by atoms with E-state index < -0.39 is 0 Å². The Kier molecular flexibility index (Phi) is 2.30. The Morgan fingerprint density at radius 2 is 2.29 bits per heavy atom. The van der Waals surface area contributed by atoms with Crippen molar-refractivity contribution in [3.8, 4) is 0 Å². The molecule has 1 N–H and O–H groups in total. The lowest BCUT2D eigenvalue weighted by Gasteiger charge is -2.05. The smallest absolute Gasteiger partial charge is 0.224 e. The van der Waals surface area contributed by atoms with E-state index in [1.807, 2.05) is 36.4 Å². The number of nitrogens with zero attached hydrogens (tertiary/aromatic N) is 3. The van der Waals surface area contributed by atoms with E-state index in [2.05, 4.69) is 15.3 Å². The minimum atomic E-state index is -0.0637. The molecule has 2 aromatic heterocycles. The van der Waals surface area contributed by atoms with Gasteiger partial charge in [-0.15, -0.1) is 0 Å². The Morgan fingerprint density at radius 3 is 2.93 bits per heavy atom. The Labute approximate surface area is 93.6 Å². The summed E-state index contributed by atoms with van der Waals surface area (Å²) in [6.07, 6.45) is 1.58. The molecule has 0 atom stereocenters. The normalized spacial score (nSPS) is 11.4. The number of halogens is 1. The number of aromatic nitrogens is 4. The number of aromatic amines is 1. The lowest BCUT2D eigenvalue weighted by molar-refractivity contribution is 0.544. The molecule has 0 amide bonds. The number of fused-ring (bicyclic) bond motifs is 1. The van der Waals surface area contributed by atoms with E-state index in [1.54, 1.807) is 10.9 Å². The minimum absolute atomic E-state index is 0.0637. The van der Waals surface area contributed by atoms with Crippen LogP contribution in [0, 0.1) is 3.70 Å². The van der Waals surface area contributed by atoms with Crippen molar-refractivity contribution in [1.82, 2.24) is 20.0 Å². The van der Waals surface area contributed by atoms with Crippen molar-refractivity contribution in [2.24, 2.45) is 0 Å². The summed E-state index contributed by atoms with van der Waals surface area (Å²) in [7, 11) is 0. The summed E-state index contributed by atoms with van der Waals surface area (Å²) >= 11 is 1.91. The number of hydrogen-bond acceptors (Lipinski definition) is 3. The molecule has 74 valence electrons. The second kappa shape index (κ2) is 3.34. The summed E-state index contributed by atoms with van der Waals surface area (Å²) in [4.78, 5) is 11.6. The highest BCUT2D eigenvalue weighted by Crippen LogP contribution is 2.11. The molecule has 6 heteroatoms. The zero-order valence-electron chi connectivity index (χ0n) is 7.78. The van der Waals surface area contributed by atoms with Crippen molar-refractivity contribution in [2.45, 2.75) is 19.9 Å². The van der Waals surface area contributed by atoms with Gasteiger partial charge in [0.25, 0.3) is 0 Å². The maximum Gasteiger partial charge on any atom is 0.224 e. The largest absolute Gasteiger partial charge is 0.286 e. The molecular formula is C8H9IN4O. The molecular weight excluding hydrogens is 295 g/mol. The minimum Gasteiger partial charge on any atom is -0.286 e. The standard InChI is InChI=1S/C8H9IN4O/c1-4(2)13-8-5(3-10-13)6(14)7(9)11-12-8/h3-4H,1-2H3,(H,12,14). The molecule has 0 aliphatic heterocycles. The van der Waals surface area contributed by atoms with Crippen LogP contribution in [0.3, 0.4) is 0 Å². The first-order valence-corrected chi connectivity index (χ1v) is 5.30. The van der Waals surface area contributed by atoms with Crippen LogP contribution in [0.2, 0.25) is 0 Å². The van der Waals surface area contributed by atoms with Gasteiger partial charge in [0.05, 0.1) is 11.6 Å². The molecule has 5 nitrogen and oxygen atoms in total. The van der Waals surface area contributed by atoms with Crippen molar-refractivity contribution in [1.29, 1.82) is 0 Å². The highest BCUT2D eigenvalue weighted by atomic mass is 127. The molecule has 0 saturated carbocycles. The molecule has 14 heavy (non-hydrogen) atoms. The maximum atomic E-state index is 11.6. The van der Waals surface area contributed by atoms with E-state index in [1.165, 1.54) is 0 Å². The molecule has 0 spiro atoms. The molecule has 2 rings (SSSR count). The van der Waals surface area contributed by atoms with Gasteiger partial charge in [-0.25, -0.2) is 4.68 Å². The van der Waals surface area contributed by atoms with Gasteiger partial charge in [0.1, 0.15) is 0 Å². The summed E-state index contributed by atoms with van der Waals surface area (Å²) in [5, 5.41) is 11.5. The van der Waals surface area contributed by atoms with Gasteiger partial charge in [0.15, 0.2) is 9.35 Å². The van der Waals surface area contributed by atoms with E-state index in [9.17, 15) is 4.79 Å². The molecule has 2 aromatic rings. The Hall–Kier alpha value is -0.920. The Morgan fingerprint density at radius 1 is 1.57 bits per heavy atom. The summed E-state index contributed by atoms with van der Waals surface area (Å²) in [5.74, 6) is 0. The van der Waals surface area contributed by atoms with Crippen LogP contribution < -0.4 is 5.43 Å². The topological polar surface area (TPSA) is 63.6 Å². The second-order valence-corrected chi connectivity index (χ2v) is 4.31. The first-order valence-electron chi connectivity index (χ1n) is 4.22. The average Bonchev–Trinajstić information content (AvgIpc) is 2.55. The molecule has 0 radical (unpaired) electrons. The molecule has 2 heterocycles. The summed E-state index contributed by atoms with van der Waals surface area (Å²) in [6.45, 7) is 4.01. The fraction of sp³-hybridized carbons (Fsp3) is 0.375. The van der Waals surface area contributed by atoms with Crippen LogP contribution in [-0.2, 0) is 0 Å². The maximum absolute atomic E-state index is 11.6. The highest BCUT2D eigenvalue weighted by Gasteiger charge is 2.10. The van der Waals surface area contributed by atoms with Crippen LogP contribution in [-0.4, -0.2) is 20.0 Å². The molecule has 0 aromatic carbocycles. The van der Waals surface area contributed by atoms with Gasteiger partial charge in [0, 0.05) is 6.04 Å². The number of hydrogen-bond donors (Lipinski definition) is 1. The van der Waals surface area contributed by atoms with E-state index in [0.29, 0.717) is 14.7 Å². The van der Waals surface area contributed by atoms with Crippen LogP contribution >= 0.6 is 22.6 Å². The molecule has 0 fully saturated rings. The predicted molar refractivity (Wildman–Crippen MR) is 61.3 cm³/mol. The van der Waals surface area contributed by atoms with Crippen LogP contribution in [0.25, 0.3) is 11.0 Å². The summed E-state index contributed by atoms with van der Waals surface area (Å²) < 4.78 is 2.19. The van der Waals surface area contributed by atoms with Crippen molar-refractivity contribution in [3.05, 3.63) is 20.1 Å². The first kappa shape index (κ1) is 9.63. The van der Waals surface area contributed by atoms with Gasteiger partial charge < -0.3 is 0 Å². The van der Waals surface area contributed by atoms with Crippen molar-refractivity contribution >= 4 is 33.6 Å². The molecule has 0 aliphatic carbocycles. The number of H-pyrrole nitrogens is 1. The lowest BCUT2D eigenvalue weighted by atomic mass is 10.3. The van der Waals surface area contributed by atoms with E-state index in [4.69, 9.17) is 0 Å². The van der Waals surface area contributed by atoms with Crippen molar-refractivity contribution in [3.63, 3.8) is 0 Å². The molecule has 0 aliphatic rings. The third-order valence-corrected chi connectivity index (χ3v) is 2.71. The predicted octanol–water partition coefficient (Wildman–Crippen LogP) is 1.31. The molecule has 0 saturated heterocycles. The van der Waals surface area contributed by atoms with Gasteiger partial charge in [0.2, 0.25) is 5.43 Å². The summed E-state index contributed by atoms with van der Waals surface area (Å²) in [5.41, 5.74) is 0.622. The van der Waals surface area contributed by atoms with Crippen LogP contribution in [0.5, 0.6) is 0 Å². The quantitative estimate of drug-likeness (QED) is 0.808. The number of rotatable bonds is 1. The fourth-order valence-corrected chi connectivity index (χ4v) is 1.71. The van der Waals surface area contributed by atoms with Gasteiger partial charge in [-0.3, -0.25) is 9.89 Å². The van der Waals surface area contributed by atoms with Crippen LogP contribution in [0.1, 0.15) is 19.9 Å². The Bertz CT molecular complexity index is 528. The number of nitrogens with one attached hydrogen (secondary N) is 1.